The lowest BCUT2D eigenvalue weighted by molar-refractivity contribution is -0.122. The first-order valence-corrected chi connectivity index (χ1v) is 9.98. The van der Waals surface area contributed by atoms with Crippen LogP contribution in [0.3, 0.4) is 0 Å². The molecule has 1 aliphatic heterocycles. The van der Waals surface area contributed by atoms with E-state index in [4.69, 9.17) is 4.74 Å². The van der Waals surface area contributed by atoms with Crippen LogP contribution in [-0.4, -0.2) is 60.5 Å². The Hall–Kier alpha value is -2.84. The standard InChI is InChI=1S/C22H27BN2O5/c1-14(16-8-4-5-10-18(16)22(27)25(2)3)21(26)24-20(23(28)29)12-15-13-30-19-11-7-6-9-17(15)19/h4-11,14-15,20,28-29H,12-13H2,1-3H3,(H,24,26)/t14?,15-,20?/m1/s1. The molecule has 0 saturated carbocycles. The van der Waals surface area contributed by atoms with E-state index in [-0.39, 0.29) is 17.7 Å². The van der Waals surface area contributed by atoms with Gasteiger partial charge in [0.1, 0.15) is 5.75 Å². The molecule has 2 aromatic rings. The summed E-state index contributed by atoms with van der Waals surface area (Å²) < 4.78 is 5.66. The number of carbonyl (C=O) groups excluding carboxylic acids is 2. The average molecular weight is 410 g/mol. The molecule has 2 unspecified atom stereocenters. The molecule has 0 fully saturated rings. The van der Waals surface area contributed by atoms with E-state index in [0.717, 1.165) is 11.3 Å². The molecule has 2 aromatic carbocycles. The zero-order valence-electron chi connectivity index (χ0n) is 17.4. The molecule has 0 radical (unpaired) electrons. The number of benzene rings is 2. The molecule has 0 saturated heterocycles. The summed E-state index contributed by atoms with van der Waals surface area (Å²) in [6.07, 6.45) is 0.325. The lowest BCUT2D eigenvalue weighted by Crippen LogP contribution is -2.48. The van der Waals surface area contributed by atoms with Gasteiger partial charge in [0.2, 0.25) is 5.91 Å². The maximum Gasteiger partial charge on any atom is 0.475 e. The Morgan fingerprint density at radius 1 is 1.17 bits per heavy atom. The molecular formula is C22H27BN2O5. The van der Waals surface area contributed by atoms with Crippen LogP contribution in [0.25, 0.3) is 0 Å². The van der Waals surface area contributed by atoms with Crippen LogP contribution >= 0.6 is 0 Å². The minimum absolute atomic E-state index is 0.0498. The van der Waals surface area contributed by atoms with Crippen molar-refractivity contribution in [1.29, 1.82) is 0 Å². The van der Waals surface area contributed by atoms with Crippen molar-refractivity contribution in [2.75, 3.05) is 20.7 Å². The van der Waals surface area contributed by atoms with E-state index in [0.29, 0.717) is 24.2 Å². The maximum atomic E-state index is 12.9. The smallest absolute Gasteiger partial charge is 0.475 e. The lowest BCUT2D eigenvalue weighted by Gasteiger charge is -2.24. The van der Waals surface area contributed by atoms with Gasteiger partial charge < -0.3 is 25.0 Å². The molecular weight excluding hydrogens is 383 g/mol. The van der Waals surface area contributed by atoms with Gasteiger partial charge in [-0.2, -0.15) is 0 Å². The van der Waals surface area contributed by atoms with E-state index in [2.05, 4.69) is 5.32 Å². The highest BCUT2D eigenvalue weighted by molar-refractivity contribution is 6.43. The number of hydrogen-bond donors (Lipinski definition) is 3. The SMILES string of the molecule is CC(C(=O)NC(C[C@@H]1COc2ccccc21)B(O)O)c1ccccc1C(=O)N(C)C. The second kappa shape index (κ2) is 9.32. The monoisotopic (exact) mass is 410 g/mol. The fraction of sp³-hybridized carbons (Fsp3) is 0.364. The molecule has 7 nitrogen and oxygen atoms in total. The molecule has 3 N–H and O–H groups in total. The van der Waals surface area contributed by atoms with Crippen molar-refractivity contribution in [1.82, 2.24) is 10.2 Å². The van der Waals surface area contributed by atoms with Crippen LogP contribution in [0.5, 0.6) is 5.75 Å². The van der Waals surface area contributed by atoms with Crippen molar-refractivity contribution in [3.63, 3.8) is 0 Å². The predicted molar refractivity (Wildman–Crippen MR) is 114 cm³/mol. The Morgan fingerprint density at radius 3 is 2.53 bits per heavy atom. The number of para-hydroxylation sites is 1. The number of rotatable bonds is 7. The van der Waals surface area contributed by atoms with Crippen LogP contribution in [0.2, 0.25) is 0 Å². The number of ether oxygens (including phenoxy) is 1. The number of carbonyl (C=O) groups is 2. The van der Waals surface area contributed by atoms with Crippen molar-refractivity contribution >= 4 is 18.9 Å². The second-order valence-corrected chi connectivity index (χ2v) is 7.82. The molecule has 3 atom stereocenters. The Labute approximate surface area is 176 Å². The number of hydrogen-bond acceptors (Lipinski definition) is 5. The summed E-state index contributed by atoms with van der Waals surface area (Å²) in [5.74, 6) is -1.34. The molecule has 0 bridgehead atoms. The van der Waals surface area contributed by atoms with Crippen LogP contribution in [0.15, 0.2) is 48.5 Å². The second-order valence-electron chi connectivity index (χ2n) is 7.82. The number of fused-ring (bicyclic) bond motifs is 1. The first kappa shape index (κ1) is 21.9. The molecule has 158 valence electrons. The molecule has 0 spiro atoms. The van der Waals surface area contributed by atoms with Gasteiger partial charge in [0.15, 0.2) is 0 Å². The van der Waals surface area contributed by atoms with Gasteiger partial charge in [-0.25, -0.2) is 0 Å². The summed E-state index contributed by atoms with van der Waals surface area (Å²) in [5, 5.41) is 22.5. The van der Waals surface area contributed by atoms with Crippen LogP contribution in [-0.2, 0) is 4.79 Å². The fourth-order valence-corrected chi connectivity index (χ4v) is 3.75. The zero-order valence-corrected chi connectivity index (χ0v) is 17.4. The Balaban J connectivity index is 1.74. The Bertz CT molecular complexity index is 918. The third-order valence-electron chi connectivity index (χ3n) is 5.48. The summed E-state index contributed by atoms with van der Waals surface area (Å²) in [5.41, 5.74) is 2.03. The van der Waals surface area contributed by atoms with Crippen molar-refractivity contribution in [3.8, 4) is 5.75 Å². The van der Waals surface area contributed by atoms with Gasteiger partial charge in [0.25, 0.3) is 5.91 Å². The van der Waals surface area contributed by atoms with Crippen molar-refractivity contribution in [3.05, 3.63) is 65.2 Å². The highest BCUT2D eigenvalue weighted by Crippen LogP contribution is 2.36. The van der Waals surface area contributed by atoms with E-state index in [1.54, 1.807) is 45.3 Å². The molecule has 1 heterocycles. The van der Waals surface area contributed by atoms with Crippen LogP contribution in [0.1, 0.15) is 46.7 Å². The Morgan fingerprint density at radius 2 is 1.83 bits per heavy atom. The lowest BCUT2D eigenvalue weighted by atomic mass is 9.73. The first-order valence-electron chi connectivity index (χ1n) is 9.98. The average Bonchev–Trinajstić information content (AvgIpc) is 3.14. The van der Waals surface area contributed by atoms with Gasteiger partial charge in [-0.3, -0.25) is 9.59 Å². The van der Waals surface area contributed by atoms with Gasteiger partial charge in [-0.05, 0) is 31.0 Å². The number of amides is 2. The summed E-state index contributed by atoms with van der Waals surface area (Å²) in [6, 6.07) is 14.6. The van der Waals surface area contributed by atoms with E-state index in [9.17, 15) is 19.6 Å². The van der Waals surface area contributed by atoms with Crippen molar-refractivity contribution in [2.45, 2.75) is 31.1 Å². The molecule has 8 heteroatoms. The molecule has 3 rings (SSSR count). The van der Waals surface area contributed by atoms with Gasteiger partial charge in [-0.1, -0.05) is 36.4 Å². The topological polar surface area (TPSA) is 99.1 Å². The predicted octanol–water partition coefficient (Wildman–Crippen LogP) is 1.55. The largest absolute Gasteiger partial charge is 0.493 e. The highest BCUT2D eigenvalue weighted by Gasteiger charge is 2.34. The molecule has 2 amide bonds. The van der Waals surface area contributed by atoms with Gasteiger partial charge in [0, 0.05) is 31.1 Å². The van der Waals surface area contributed by atoms with Gasteiger partial charge in [0.05, 0.1) is 18.5 Å². The highest BCUT2D eigenvalue weighted by atomic mass is 16.5. The third-order valence-corrected chi connectivity index (χ3v) is 5.48. The summed E-state index contributed by atoms with van der Waals surface area (Å²) in [6.45, 7) is 2.13. The first-order chi connectivity index (χ1) is 14.3. The van der Waals surface area contributed by atoms with Gasteiger partial charge in [-0.15, -0.1) is 0 Å². The summed E-state index contributed by atoms with van der Waals surface area (Å²) in [7, 11) is 1.60. The van der Waals surface area contributed by atoms with Gasteiger partial charge >= 0.3 is 7.12 Å². The quantitative estimate of drug-likeness (QED) is 0.602. The van der Waals surface area contributed by atoms with Crippen LogP contribution in [0.4, 0.5) is 0 Å². The van der Waals surface area contributed by atoms with Crippen molar-refractivity contribution in [2.24, 2.45) is 0 Å². The molecule has 1 aliphatic rings. The van der Waals surface area contributed by atoms with E-state index in [1.165, 1.54) is 4.90 Å². The fourth-order valence-electron chi connectivity index (χ4n) is 3.75. The molecule has 30 heavy (non-hydrogen) atoms. The minimum atomic E-state index is -1.72. The van der Waals surface area contributed by atoms with E-state index >= 15 is 0 Å². The van der Waals surface area contributed by atoms with Crippen LogP contribution in [0, 0.1) is 0 Å². The van der Waals surface area contributed by atoms with Crippen molar-refractivity contribution < 1.29 is 24.4 Å². The van der Waals surface area contributed by atoms with E-state index < -0.39 is 19.0 Å². The minimum Gasteiger partial charge on any atom is -0.493 e. The molecule has 0 aliphatic carbocycles. The molecule has 0 aromatic heterocycles. The Kier molecular flexibility index (Phi) is 6.79. The number of nitrogens with zero attached hydrogens (tertiary/aromatic N) is 1. The maximum absolute atomic E-state index is 12.9. The van der Waals surface area contributed by atoms with E-state index in [1.807, 2.05) is 24.3 Å². The third kappa shape index (κ3) is 4.66. The van der Waals surface area contributed by atoms with Crippen LogP contribution < -0.4 is 10.1 Å². The summed E-state index contributed by atoms with van der Waals surface area (Å²) in [4.78, 5) is 26.9. The normalized spacial score (nSPS) is 16.8. The zero-order chi connectivity index (χ0) is 21.8. The number of nitrogens with one attached hydrogen (secondary N) is 1. The summed E-state index contributed by atoms with van der Waals surface area (Å²) >= 11 is 0.